The highest BCUT2D eigenvalue weighted by Gasteiger charge is 2.23. The zero-order valence-corrected chi connectivity index (χ0v) is 13.5. The van der Waals surface area contributed by atoms with Crippen LogP contribution in [0.2, 0.25) is 0 Å². The minimum atomic E-state index is -0.878. The van der Waals surface area contributed by atoms with E-state index in [2.05, 4.69) is 10.5 Å². The molecule has 24 heavy (non-hydrogen) atoms. The van der Waals surface area contributed by atoms with Crippen molar-refractivity contribution in [3.63, 3.8) is 0 Å². The fourth-order valence-corrected chi connectivity index (χ4v) is 2.93. The van der Waals surface area contributed by atoms with Crippen molar-refractivity contribution < 1.29 is 19.2 Å². The quantitative estimate of drug-likeness (QED) is 0.839. The Labute approximate surface area is 139 Å². The number of benzene rings is 1. The summed E-state index contributed by atoms with van der Waals surface area (Å²) in [5, 5.41) is 15.8. The fraction of sp³-hybridized carbons (Fsp3) is 0.389. The topological polar surface area (TPSA) is 92.4 Å². The maximum Gasteiger partial charge on any atom is 0.310 e. The number of aryl methyl sites for hydroxylation is 1. The lowest BCUT2D eigenvalue weighted by Crippen LogP contribution is -2.15. The second-order valence-corrected chi connectivity index (χ2v) is 6.13. The number of hydrogen-bond acceptors (Lipinski definition) is 4. The molecule has 2 aromatic rings. The molecule has 0 bridgehead atoms. The summed E-state index contributed by atoms with van der Waals surface area (Å²) < 4.78 is 5.33. The highest BCUT2D eigenvalue weighted by molar-refractivity contribution is 6.04. The molecule has 1 aliphatic carbocycles. The highest BCUT2D eigenvalue weighted by atomic mass is 16.5. The molecule has 1 atom stereocenters. The lowest BCUT2D eigenvalue weighted by molar-refractivity contribution is -0.138. The average molecular weight is 328 g/mol. The number of rotatable bonds is 4. The fourth-order valence-electron chi connectivity index (χ4n) is 2.93. The van der Waals surface area contributed by atoms with Gasteiger partial charge in [-0.25, -0.2) is 0 Å². The van der Waals surface area contributed by atoms with E-state index in [9.17, 15) is 9.59 Å². The molecule has 1 aromatic heterocycles. The minimum absolute atomic E-state index is 0.291. The number of fused-ring (bicyclic) bond motifs is 1. The number of aliphatic carboxylic acids is 1. The van der Waals surface area contributed by atoms with E-state index < -0.39 is 11.9 Å². The van der Waals surface area contributed by atoms with E-state index in [0.29, 0.717) is 16.9 Å². The van der Waals surface area contributed by atoms with Crippen molar-refractivity contribution in [2.75, 3.05) is 5.32 Å². The molecule has 6 heteroatoms. The molecule has 0 saturated heterocycles. The average Bonchev–Trinajstić information content (AvgIpc) is 2.84. The number of amides is 1. The zero-order chi connectivity index (χ0) is 17.1. The predicted molar refractivity (Wildman–Crippen MR) is 88.2 cm³/mol. The van der Waals surface area contributed by atoms with Crippen molar-refractivity contribution in [2.24, 2.45) is 0 Å². The molecule has 1 aromatic carbocycles. The Morgan fingerprint density at radius 1 is 1.17 bits per heavy atom. The van der Waals surface area contributed by atoms with Crippen molar-refractivity contribution in [3.05, 3.63) is 46.8 Å². The van der Waals surface area contributed by atoms with Gasteiger partial charge in [-0.05, 0) is 43.9 Å². The summed E-state index contributed by atoms with van der Waals surface area (Å²) in [6, 6.07) is 6.81. The summed E-state index contributed by atoms with van der Waals surface area (Å²) in [7, 11) is 0. The Bertz CT molecular complexity index is 749. The molecule has 0 fully saturated rings. The molecule has 3 rings (SSSR count). The monoisotopic (exact) mass is 328 g/mol. The largest absolute Gasteiger partial charge is 0.481 e. The van der Waals surface area contributed by atoms with E-state index in [1.54, 1.807) is 31.2 Å². The first-order chi connectivity index (χ1) is 11.6. The van der Waals surface area contributed by atoms with E-state index in [1.807, 2.05) is 0 Å². The Hall–Kier alpha value is -2.63. The zero-order valence-electron chi connectivity index (χ0n) is 13.5. The van der Waals surface area contributed by atoms with Gasteiger partial charge in [0.2, 0.25) is 0 Å². The second-order valence-electron chi connectivity index (χ2n) is 6.13. The van der Waals surface area contributed by atoms with Crippen LogP contribution in [-0.4, -0.2) is 22.1 Å². The molecule has 1 amide bonds. The van der Waals surface area contributed by atoms with Gasteiger partial charge in [0.1, 0.15) is 5.76 Å². The third kappa shape index (κ3) is 3.32. The lowest BCUT2D eigenvalue weighted by atomic mass is 10.0. The van der Waals surface area contributed by atoms with Crippen LogP contribution in [0, 0.1) is 0 Å². The molecule has 0 saturated carbocycles. The molecule has 2 N–H and O–H groups in total. The number of carboxylic acids is 1. The van der Waals surface area contributed by atoms with Gasteiger partial charge in [-0.3, -0.25) is 9.59 Å². The highest BCUT2D eigenvalue weighted by Crippen LogP contribution is 2.24. The van der Waals surface area contributed by atoms with Crippen LogP contribution in [-0.2, 0) is 17.6 Å². The summed E-state index contributed by atoms with van der Waals surface area (Å²) in [6.07, 6.45) is 4.88. The van der Waals surface area contributed by atoms with Crippen LogP contribution in [0.15, 0.2) is 28.8 Å². The summed E-state index contributed by atoms with van der Waals surface area (Å²) in [4.78, 5) is 23.5. The first-order valence-corrected chi connectivity index (χ1v) is 8.18. The first kappa shape index (κ1) is 16.2. The lowest BCUT2D eigenvalue weighted by Gasteiger charge is -2.08. The predicted octanol–water partition coefficient (Wildman–Crippen LogP) is 3.38. The maximum atomic E-state index is 12.5. The molecule has 1 unspecified atom stereocenters. The third-order valence-corrected chi connectivity index (χ3v) is 4.45. The number of nitrogens with zero attached hydrogens (tertiary/aromatic N) is 1. The first-order valence-electron chi connectivity index (χ1n) is 8.18. The summed E-state index contributed by atoms with van der Waals surface area (Å²) >= 11 is 0. The Kier molecular flexibility index (Phi) is 4.64. The second kappa shape index (κ2) is 6.86. The molecular weight excluding hydrogens is 308 g/mol. The van der Waals surface area contributed by atoms with Gasteiger partial charge in [-0.1, -0.05) is 23.7 Å². The SMILES string of the molecule is CC(C(=O)O)c1ccc(NC(=O)c2noc3c2CCCCC3)cc1. The molecule has 0 aliphatic heterocycles. The van der Waals surface area contributed by atoms with Gasteiger partial charge < -0.3 is 14.9 Å². The maximum absolute atomic E-state index is 12.5. The van der Waals surface area contributed by atoms with E-state index in [0.717, 1.165) is 43.4 Å². The number of anilines is 1. The molecule has 0 radical (unpaired) electrons. The minimum Gasteiger partial charge on any atom is -0.481 e. The van der Waals surface area contributed by atoms with Gasteiger partial charge in [-0.2, -0.15) is 0 Å². The number of hydrogen-bond donors (Lipinski definition) is 2. The van der Waals surface area contributed by atoms with Crippen molar-refractivity contribution in [3.8, 4) is 0 Å². The molecule has 1 heterocycles. The van der Waals surface area contributed by atoms with E-state index in [-0.39, 0.29) is 5.91 Å². The summed E-state index contributed by atoms with van der Waals surface area (Å²) in [5.74, 6) is -0.928. The van der Waals surface area contributed by atoms with E-state index in [1.165, 1.54) is 0 Å². The van der Waals surface area contributed by atoms with Crippen molar-refractivity contribution in [1.82, 2.24) is 5.16 Å². The standard InChI is InChI=1S/C18H20N2O4/c1-11(18(22)23)12-7-9-13(10-8-12)19-17(21)16-14-5-3-2-4-6-15(14)24-20-16/h7-11H,2-6H2,1H3,(H,19,21)(H,22,23). The van der Waals surface area contributed by atoms with Crippen LogP contribution in [0.3, 0.4) is 0 Å². The third-order valence-electron chi connectivity index (χ3n) is 4.45. The van der Waals surface area contributed by atoms with Gasteiger partial charge in [0.15, 0.2) is 5.69 Å². The molecular formula is C18H20N2O4. The number of aromatic nitrogens is 1. The Morgan fingerprint density at radius 2 is 1.88 bits per heavy atom. The number of carbonyl (C=O) groups is 2. The van der Waals surface area contributed by atoms with Crippen LogP contribution in [0.25, 0.3) is 0 Å². The Balaban J connectivity index is 1.73. The number of nitrogens with one attached hydrogen (secondary N) is 1. The summed E-state index contributed by atoms with van der Waals surface area (Å²) in [5.41, 5.74) is 2.57. The van der Waals surface area contributed by atoms with Crippen LogP contribution in [0.4, 0.5) is 5.69 Å². The normalized spacial score (nSPS) is 15.2. The van der Waals surface area contributed by atoms with Crippen LogP contribution < -0.4 is 5.32 Å². The number of carbonyl (C=O) groups excluding carboxylic acids is 1. The van der Waals surface area contributed by atoms with E-state index in [4.69, 9.17) is 9.63 Å². The van der Waals surface area contributed by atoms with Crippen LogP contribution in [0.1, 0.15) is 59.5 Å². The van der Waals surface area contributed by atoms with Gasteiger partial charge in [0.05, 0.1) is 5.92 Å². The van der Waals surface area contributed by atoms with Crippen molar-refractivity contribution in [2.45, 2.75) is 44.9 Å². The molecule has 126 valence electrons. The molecule has 6 nitrogen and oxygen atoms in total. The van der Waals surface area contributed by atoms with Crippen molar-refractivity contribution >= 4 is 17.6 Å². The van der Waals surface area contributed by atoms with Crippen LogP contribution in [0.5, 0.6) is 0 Å². The van der Waals surface area contributed by atoms with Gasteiger partial charge in [0.25, 0.3) is 5.91 Å². The van der Waals surface area contributed by atoms with Gasteiger partial charge >= 0.3 is 5.97 Å². The van der Waals surface area contributed by atoms with Crippen LogP contribution >= 0.6 is 0 Å². The smallest absolute Gasteiger partial charge is 0.310 e. The number of carboxylic acid groups (broad SMARTS) is 1. The van der Waals surface area contributed by atoms with Gasteiger partial charge in [-0.15, -0.1) is 0 Å². The molecule has 0 spiro atoms. The van der Waals surface area contributed by atoms with Crippen molar-refractivity contribution in [1.29, 1.82) is 0 Å². The Morgan fingerprint density at radius 3 is 2.58 bits per heavy atom. The summed E-state index contributed by atoms with van der Waals surface area (Å²) in [6.45, 7) is 1.63. The van der Waals surface area contributed by atoms with Gasteiger partial charge in [0, 0.05) is 17.7 Å². The van der Waals surface area contributed by atoms with E-state index >= 15 is 0 Å². The molecule has 1 aliphatic rings.